The van der Waals surface area contributed by atoms with Gasteiger partial charge in [-0.05, 0) is 60.8 Å². The molecule has 2 rings (SSSR count). The van der Waals surface area contributed by atoms with Crippen LogP contribution in [-0.4, -0.2) is 5.11 Å². The second kappa shape index (κ2) is 3.88. The summed E-state index contributed by atoms with van der Waals surface area (Å²) in [6.45, 7) is 6.57. The molecule has 1 aliphatic carbocycles. The lowest BCUT2D eigenvalue weighted by Gasteiger charge is -2.29. The molecule has 1 heteroatoms. The van der Waals surface area contributed by atoms with Crippen LogP contribution >= 0.6 is 0 Å². The van der Waals surface area contributed by atoms with Gasteiger partial charge in [0, 0.05) is 0 Å². The maximum atomic E-state index is 9.70. The fourth-order valence-electron chi connectivity index (χ4n) is 2.68. The Morgan fingerprint density at radius 1 is 1.33 bits per heavy atom. The third-order valence-electron chi connectivity index (χ3n) is 3.62. The van der Waals surface area contributed by atoms with Gasteiger partial charge in [0.05, 0.1) is 0 Å². The minimum absolute atomic E-state index is 0.457. The van der Waals surface area contributed by atoms with Crippen molar-refractivity contribution in [3.8, 4) is 5.75 Å². The third kappa shape index (κ3) is 1.88. The summed E-state index contributed by atoms with van der Waals surface area (Å²) in [7, 11) is 0. The van der Waals surface area contributed by atoms with E-state index in [2.05, 4.69) is 19.9 Å². The second-order valence-corrected chi connectivity index (χ2v) is 5.08. The normalized spacial score (nSPS) is 20.4. The lowest BCUT2D eigenvalue weighted by atomic mass is 9.76. The van der Waals surface area contributed by atoms with E-state index in [9.17, 15) is 5.11 Å². The average molecular weight is 204 g/mol. The highest BCUT2D eigenvalue weighted by atomic mass is 16.3. The molecule has 0 bridgehead atoms. The van der Waals surface area contributed by atoms with Crippen LogP contribution in [0.25, 0.3) is 0 Å². The molecule has 1 atom stereocenters. The number of aryl methyl sites for hydroxylation is 2. The van der Waals surface area contributed by atoms with E-state index in [1.165, 1.54) is 24.0 Å². The van der Waals surface area contributed by atoms with Crippen molar-refractivity contribution in [3.63, 3.8) is 0 Å². The Labute approximate surface area is 92.1 Å². The minimum atomic E-state index is 0.457. The van der Waals surface area contributed by atoms with Crippen molar-refractivity contribution in [3.05, 3.63) is 28.8 Å². The number of aromatic hydroxyl groups is 1. The molecular weight excluding hydrogens is 184 g/mol. The van der Waals surface area contributed by atoms with E-state index in [1.54, 1.807) is 0 Å². The monoisotopic (exact) mass is 204 g/mol. The van der Waals surface area contributed by atoms with E-state index in [0.717, 1.165) is 12.0 Å². The molecule has 0 radical (unpaired) electrons. The van der Waals surface area contributed by atoms with E-state index in [4.69, 9.17) is 0 Å². The first kappa shape index (κ1) is 10.5. The van der Waals surface area contributed by atoms with Crippen molar-refractivity contribution in [1.82, 2.24) is 0 Å². The van der Waals surface area contributed by atoms with Crippen LogP contribution < -0.4 is 0 Å². The van der Waals surface area contributed by atoms with Gasteiger partial charge in [0.15, 0.2) is 0 Å². The largest absolute Gasteiger partial charge is 0.508 e. The smallest absolute Gasteiger partial charge is 0.118 e. The lowest BCUT2D eigenvalue weighted by molar-refractivity contribution is 0.428. The fraction of sp³-hybridized carbons (Fsp3) is 0.571. The number of hydrogen-bond donors (Lipinski definition) is 1. The molecule has 15 heavy (non-hydrogen) atoms. The van der Waals surface area contributed by atoms with Gasteiger partial charge in [-0.1, -0.05) is 19.9 Å². The number of hydrogen-bond acceptors (Lipinski definition) is 1. The first-order valence-electron chi connectivity index (χ1n) is 5.92. The Kier molecular flexibility index (Phi) is 2.72. The van der Waals surface area contributed by atoms with E-state index >= 15 is 0 Å². The summed E-state index contributed by atoms with van der Waals surface area (Å²) in [6.07, 6.45) is 3.69. The van der Waals surface area contributed by atoms with Gasteiger partial charge in [-0.15, -0.1) is 0 Å². The number of fused-ring (bicyclic) bond motifs is 1. The third-order valence-corrected chi connectivity index (χ3v) is 3.62. The fourth-order valence-corrected chi connectivity index (χ4v) is 2.68. The van der Waals surface area contributed by atoms with Gasteiger partial charge in [0.25, 0.3) is 0 Å². The highest BCUT2D eigenvalue weighted by Crippen LogP contribution is 2.39. The van der Waals surface area contributed by atoms with E-state index in [0.29, 0.717) is 17.6 Å². The van der Waals surface area contributed by atoms with E-state index in [1.807, 2.05) is 13.0 Å². The first-order valence-corrected chi connectivity index (χ1v) is 5.92. The molecule has 0 amide bonds. The molecule has 1 aliphatic rings. The SMILES string of the molecule is Cc1cc2c(cc1O)CCCC2C(C)C. The molecule has 1 unspecified atom stereocenters. The van der Waals surface area contributed by atoms with Gasteiger partial charge in [-0.3, -0.25) is 0 Å². The van der Waals surface area contributed by atoms with Gasteiger partial charge in [0.1, 0.15) is 5.75 Å². The van der Waals surface area contributed by atoms with Gasteiger partial charge < -0.3 is 5.11 Å². The minimum Gasteiger partial charge on any atom is -0.508 e. The highest BCUT2D eigenvalue weighted by Gasteiger charge is 2.23. The molecular formula is C14H20O. The van der Waals surface area contributed by atoms with Crippen molar-refractivity contribution in [2.75, 3.05) is 0 Å². The summed E-state index contributed by atoms with van der Waals surface area (Å²) in [4.78, 5) is 0. The van der Waals surface area contributed by atoms with Crippen LogP contribution in [0.5, 0.6) is 5.75 Å². The molecule has 1 aromatic rings. The zero-order chi connectivity index (χ0) is 11.0. The van der Waals surface area contributed by atoms with Crippen LogP contribution in [0.15, 0.2) is 12.1 Å². The van der Waals surface area contributed by atoms with Crippen molar-refractivity contribution in [1.29, 1.82) is 0 Å². The Morgan fingerprint density at radius 3 is 2.73 bits per heavy atom. The van der Waals surface area contributed by atoms with E-state index in [-0.39, 0.29) is 0 Å². The number of phenols is 1. The van der Waals surface area contributed by atoms with Gasteiger partial charge in [-0.25, -0.2) is 0 Å². The summed E-state index contributed by atoms with van der Waals surface area (Å²) in [6, 6.07) is 4.16. The highest BCUT2D eigenvalue weighted by molar-refractivity contribution is 5.44. The Morgan fingerprint density at radius 2 is 2.07 bits per heavy atom. The van der Waals surface area contributed by atoms with Crippen LogP contribution in [0.3, 0.4) is 0 Å². The van der Waals surface area contributed by atoms with E-state index < -0.39 is 0 Å². The molecule has 0 saturated heterocycles. The quantitative estimate of drug-likeness (QED) is 0.738. The number of benzene rings is 1. The predicted molar refractivity (Wildman–Crippen MR) is 63.4 cm³/mol. The summed E-state index contributed by atoms with van der Waals surface area (Å²) in [5.41, 5.74) is 3.86. The topological polar surface area (TPSA) is 20.2 Å². The van der Waals surface area contributed by atoms with Crippen LogP contribution in [0.4, 0.5) is 0 Å². The molecule has 1 N–H and O–H groups in total. The van der Waals surface area contributed by atoms with Crippen LogP contribution in [0.2, 0.25) is 0 Å². The predicted octanol–water partition coefficient (Wildman–Crippen LogP) is 3.78. The average Bonchev–Trinajstić information content (AvgIpc) is 2.18. The zero-order valence-electron chi connectivity index (χ0n) is 9.88. The van der Waals surface area contributed by atoms with Crippen molar-refractivity contribution in [2.45, 2.75) is 46.0 Å². The maximum absolute atomic E-state index is 9.70. The van der Waals surface area contributed by atoms with Gasteiger partial charge in [0.2, 0.25) is 0 Å². The van der Waals surface area contributed by atoms with Gasteiger partial charge >= 0.3 is 0 Å². The number of phenolic OH excluding ortho intramolecular Hbond substituents is 1. The molecule has 82 valence electrons. The second-order valence-electron chi connectivity index (χ2n) is 5.08. The molecule has 0 aromatic heterocycles. The molecule has 0 spiro atoms. The van der Waals surface area contributed by atoms with Crippen molar-refractivity contribution >= 4 is 0 Å². The van der Waals surface area contributed by atoms with Crippen LogP contribution in [-0.2, 0) is 6.42 Å². The summed E-state index contributed by atoms with van der Waals surface area (Å²) < 4.78 is 0. The molecule has 0 saturated carbocycles. The standard InChI is InChI=1S/C14H20O/c1-9(2)12-6-4-5-11-8-14(15)10(3)7-13(11)12/h7-9,12,15H,4-6H2,1-3H3. The molecule has 1 nitrogen and oxygen atoms in total. The molecule has 0 aliphatic heterocycles. The van der Waals surface area contributed by atoms with Gasteiger partial charge in [-0.2, -0.15) is 0 Å². The molecule has 0 heterocycles. The Balaban J connectivity index is 2.47. The van der Waals surface area contributed by atoms with Crippen LogP contribution in [0, 0.1) is 12.8 Å². The van der Waals surface area contributed by atoms with Crippen LogP contribution in [0.1, 0.15) is 49.3 Å². The zero-order valence-corrected chi connectivity index (χ0v) is 9.88. The lowest BCUT2D eigenvalue weighted by Crippen LogP contribution is -2.14. The Hall–Kier alpha value is -0.980. The molecule has 1 aromatic carbocycles. The summed E-state index contributed by atoms with van der Waals surface area (Å²) in [5.74, 6) is 1.85. The van der Waals surface area contributed by atoms with Crippen molar-refractivity contribution < 1.29 is 5.11 Å². The maximum Gasteiger partial charge on any atom is 0.118 e. The number of rotatable bonds is 1. The summed E-state index contributed by atoms with van der Waals surface area (Å²) in [5, 5.41) is 9.70. The summed E-state index contributed by atoms with van der Waals surface area (Å²) >= 11 is 0. The van der Waals surface area contributed by atoms with Crippen molar-refractivity contribution in [2.24, 2.45) is 5.92 Å². The first-order chi connectivity index (χ1) is 7.09. The molecule has 0 fully saturated rings. The Bertz CT molecular complexity index is 366.